The zero-order valence-corrected chi connectivity index (χ0v) is 15.2. The lowest BCUT2D eigenvalue weighted by Gasteiger charge is -2.31. The van der Waals surface area contributed by atoms with Crippen LogP contribution in [0.15, 0.2) is 34.4 Å². The summed E-state index contributed by atoms with van der Waals surface area (Å²) in [5.41, 5.74) is 3.64. The number of H-pyrrole nitrogens is 1. The van der Waals surface area contributed by atoms with Crippen LogP contribution in [-0.4, -0.2) is 34.1 Å². The highest BCUT2D eigenvalue weighted by Gasteiger charge is 2.27. The van der Waals surface area contributed by atoms with Crippen LogP contribution in [0.5, 0.6) is 0 Å². The lowest BCUT2D eigenvalue weighted by atomic mass is 9.99. The van der Waals surface area contributed by atoms with E-state index in [2.05, 4.69) is 4.98 Å². The van der Waals surface area contributed by atoms with Gasteiger partial charge in [-0.3, -0.25) is 14.6 Å². The number of hydrogen-bond donors (Lipinski definition) is 2. The number of aryl methyl sites for hydroxylation is 1. The number of nitrogens with one attached hydrogen (secondary N) is 1. The SMILES string of the molecule is Cc1ccccc1-c1csc2c(=O)[nH]c(N3CCC[C@@H](C(=O)O)C3)nc12. The number of aromatic nitrogens is 2. The molecule has 1 atom stereocenters. The topological polar surface area (TPSA) is 86.3 Å². The summed E-state index contributed by atoms with van der Waals surface area (Å²) in [6.07, 6.45) is 1.43. The number of hydrogen-bond acceptors (Lipinski definition) is 5. The van der Waals surface area contributed by atoms with E-state index in [4.69, 9.17) is 4.98 Å². The predicted molar refractivity (Wildman–Crippen MR) is 103 cm³/mol. The van der Waals surface area contributed by atoms with Gasteiger partial charge in [0, 0.05) is 24.0 Å². The van der Waals surface area contributed by atoms with Gasteiger partial charge in [0.2, 0.25) is 5.95 Å². The smallest absolute Gasteiger partial charge is 0.308 e. The number of carboxylic acids is 1. The summed E-state index contributed by atoms with van der Waals surface area (Å²) in [5.74, 6) is -0.765. The fourth-order valence-corrected chi connectivity index (χ4v) is 4.40. The van der Waals surface area contributed by atoms with E-state index in [0.29, 0.717) is 35.7 Å². The second-order valence-electron chi connectivity index (χ2n) is 6.65. The quantitative estimate of drug-likeness (QED) is 0.740. The van der Waals surface area contributed by atoms with Crippen LogP contribution in [0.4, 0.5) is 5.95 Å². The maximum Gasteiger partial charge on any atom is 0.308 e. The van der Waals surface area contributed by atoms with Gasteiger partial charge < -0.3 is 10.0 Å². The number of piperidine rings is 1. The first-order chi connectivity index (χ1) is 12.5. The van der Waals surface area contributed by atoms with Crippen molar-refractivity contribution in [2.24, 2.45) is 5.92 Å². The van der Waals surface area contributed by atoms with Gasteiger partial charge in [0.1, 0.15) is 4.70 Å². The van der Waals surface area contributed by atoms with Crippen molar-refractivity contribution in [2.45, 2.75) is 19.8 Å². The number of aliphatic carboxylic acids is 1. The third-order valence-electron chi connectivity index (χ3n) is 4.92. The van der Waals surface area contributed by atoms with Gasteiger partial charge in [-0.1, -0.05) is 24.3 Å². The highest BCUT2D eigenvalue weighted by atomic mass is 32.1. The summed E-state index contributed by atoms with van der Waals surface area (Å²) in [6, 6.07) is 8.02. The van der Waals surface area contributed by atoms with Crippen LogP contribution in [0.3, 0.4) is 0 Å². The van der Waals surface area contributed by atoms with Crippen LogP contribution in [0, 0.1) is 12.8 Å². The van der Waals surface area contributed by atoms with Gasteiger partial charge in [0.25, 0.3) is 5.56 Å². The van der Waals surface area contributed by atoms with Gasteiger partial charge in [-0.25, -0.2) is 4.98 Å². The summed E-state index contributed by atoms with van der Waals surface area (Å²) in [5, 5.41) is 11.3. The van der Waals surface area contributed by atoms with Crippen molar-refractivity contribution in [1.82, 2.24) is 9.97 Å². The zero-order chi connectivity index (χ0) is 18.3. The van der Waals surface area contributed by atoms with Crippen molar-refractivity contribution in [2.75, 3.05) is 18.0 Å². The molecule has 26 heavy (non-hydrogen) atoms. The van der Waals surface area contributed by atoms with Gasteiger partial charge in [-0.05, 0) is 30.9 Å². The van der Waals surface area contributed by atoms with E-state index in [9.17, 15) is 14.7 Å². The van der Waals surface area contributed by atoms with Crippen molar-refractivity contribution >= 4 is 33.5 Å². The second kappa shape index (κ2) is 6.57. The number of nitrogens with zero attached hydrogens (tertiary/aromatic N) is 2. The molecule has 7 heteroatoms. The molecule has 1 saturated heterocycles. The number of fused-ring (bicyclic) bond motifs is 1. The molecule has 1 aromatic carbocycles. The molecule has 0 bridgehead atoms. The highest BCUT2D eigenvalue weighted by Crippen LogP contribution is 2.33. The van der Waals surface area contributed by atoms with Crippen LogP contribution in [0.1, 0.15) is 18.4 Å². The molecule has 0 radical (unpaired) electrons. The Hall–Kier alpha value is -2.67. The lowest BCUT2D eigenvalue weighted by Crippen LogP contribution is -2.40. The minimum absolute atomic E-state index is 0.174. The number of benzene rings is 1. The number of aromatic amines is 1. The van der Waals surface area contributed by atoms with Gasteiger partial charge in [0.15, 0.2) is 0 Å². The van der Waals surface area contributed by atoms with Gasteiger partial charge in [0.05, 0.1) is 11.4 Å². The first-order valence-electron chi connectivity index (χ1n) is 8.60. The molecule has 2 N–H and O–H groups in total. The fraction of sp³-hybridized carbons (Fsp3) is 0.316. The summed E-state index contributed by atoms with van der Waals surface area (Å²) in [4.78, 5) is 33.3. The molecule has 2 aromatic heterocycles. The van der Waals surface area contributed by atoms with E-state index in [0.717, 1.165) is 23.1 Å². The summed E-state index contributed by atoms with van der Waals surface area (Å²) in [6.45, 7) is 3.10. The van der Waals surface area contributed by atoms with E-state index < -0.39 is 11.9 Å². The van der Waals surface area contributed by atoms with E-state index in [1.807, 2.05) is 41.5 Å². The lowest BCUT2D eigenvalue weighted by molar-refractivity contribution is -0.141. The molecular formula is C19H19N3O3S. The molecule has 134 valence electrons. The third kappa shape index (κ3) is 2.88. The van der Waals surface area contributed by atoms with E-state index in [-0.39, 0.29) is 5.56 Å². The van der Waals surface area contributed by atoms with E-state index >= 15 is 0 Å². The summed E-state index contributed by atoms with van der Waals surface area (Å²) < 4.78 is 0.596. The van der Waals surface area contributed by atoms with E-state index in [1.165, 1.54) is 11.3 Å². The number of carbonyl (C=O) groups is 1. The van der Waals surface area contributed by atoms with Crippen LogP contribution < -0.4 is 10.5 Å². The number of rotatable bonds is 3. The van der Waals surface area contributed by atoms with Crippen molar-refractivity contribution in [3.8, 4) is 11.1 Å². The molecule has 0 saturated carbocycles. The molecule has 4 rings (SSSR count). The molecule has 0 aliphatic carbocycles. The molecule has 0 spiro atoms. The normalized spacial score (nSPS) is 17.6. The van der Waals surface area contributed by atoms with Crippen molar-refractivity contribution in [1.29, 1.82) is 0 Å². The van der Waals surface area contributed by atoms with Gasteiger partial charge in [-0.2, -0.15) is 0 Å². The number of thiophene rings is 1. The van der Waals surface area contributed by atoms with Crippen LogP contribution >= 0.6 is 11.3 Å². The van der Waals surface area contributed by atoms with Crippen LogP contribution in [0.25, 0.3) is 21.3 Å². The fourth-order valence-electron chi connectivity index (χ4n) is 3.50. The van der Waals surface area contributed by atoms with Crippen molar-refractivity contribution in [3.63, 3.8) is 0 Å². The molecule has 1 fully saturated rings. The average molecular weight is 369 g/mol. The summed E-state index contributed by atoms with van der Waals surface area (Å²) >= 11 is 1.39. The van der Waals surface area contributed by atoms with Crippen molar-refractivity contribution < 1.29 is 9.90 Å². The molecule has 1 aliphatic rings. The van der Waals surface area contributed by atoms with Crippen LogP contribution in [0.2, 0.25) is 0 Å². The van der Waals surface area contributed by atoms with Gasteiger partial charge in [-0.15, -0.1) is 11.3 Å². The van der Waals surface area contributed by atoms with E-state index in [1.54, 1.807) is 0 Å². The van der Waals surface area contributed by atoms with Gasteiger partial charge >= 0.3 is 5.97 Å². The monoisotopic (exact) mass is 369 g/mol. The van der Waals surface area contributed by atoms with Crippen LogP contribution in [-0.2, 0) is 4.79 Å². The molecule has 0 amide bonds. The molecule has 3 heterocycles. The standard InChI is InChI=1S/C19H19N3O3S/c1-11-5-2-3-7-13(11)14-10-26-16-15(14)20-19(21-17(16)23)22-8-4-6-12(9-22)18(24)25/h2-3,5,7,10,12H,4,6,8-9H2,1H3,(H,24,25)(H,20,21,23)/t12-/m1/s1. The molecule has 0 unspecified atom stereocenters. The second-order valence-corrected chi connectivity index (χ2v) is 7.53. The number of anilines is 1. The predicted octanol–water partition coefficient (Wildman–Crippen LogP) is 3.26. The summed E-state index contributed by atoms with van der Waals surface area (Å²) in [7, 11) is 0. The zero-order valence-electron chi connectivity index (χ0n) is 14.4. The molecular weight excluding hydrogens is 350 g/mol. The Morgan fingerprint density at radius 3 is 2.92 bits per heavy atom. The Morgan fingerprint density at radius 1 is 1.35 bits per heavy atom. The Labute approximate surface area is 154 Å². The minimum atomic E-state index is -0.797. The number of carboxylic acid groups (broad SMARTS) is 1. The Morgan fingerprint density at radius 2 is 2.15 bits per heavy atom. The molecule has 3 aromatic rings. The first kappa shape index (κ1) is 16.8. The minimum Gasteiger partial charge on any atom is -0.481 e. The largest absolute Gasteiger partial charge is 0.481 e. The first-order valence-corrected chi connectivity index (χ1v) is 9.48. The Balaban J connectivity index is 1.81. The molecule has 1 aliphatic heterocycles. The maximum atomic E-state index is 12.6. The maximum absolute atomic E-state index is 12.6. The van der Waals surface area contributed by atoms with Crippen molar-refractivity contribution in [3.05, 3.63) is 45.6 Å². The molecule has 6 nitrogen and oxygen atoms in total. The Kier molecular flexibility index (Phi) is 4.24. The third-order valence-corrected chi connectivity index (χ3v) is 5.89. The Bertz CT molecular complexity index is 1040. The average Bonchev–Trinajstić information content (AvgIpc) is 3.06. The highest BCUT2D eigenvalue weighted by molar-refractivity contribution is 7.17.